The van der Waals surface area contributed by atoms with Crippen LogP contribution in [0.1, 0.15) is 52.4 Å². The molecule has 0 aromatic heterocycles. The maximum atomic E-state index is 12.9. The molecule has 0 aliphatic rings. The van der Waals surface area contributed by atoms with E-state index < -0.39 is 12.3 Å². The van der Waals surface area contributed by atoms with E-state index in [2.05, 4.69) is 0 Å². The molecule has 0 aromatic carbocycles. The molecule has 0 spiro atoms. The van der Waals surface area contributed by atoms with Crippen LogP contribution in [0.5, 0.6) is 0 Å². The lowest BCUT2D eigenvalue weighted by atomic mass is 10.1. The number of hydrogen-bond acceptors (Lipinski definition) is 0. The summed E-state index contributed by atoms with van der Waals surface area (Å²) in [5, 5.41) is 0. The molecule has 0 saturated carbocycles. The third-order valence-corrected chi connectivity index (χ3v) is 2.06. The Bertz CT molecular complexity index is 81.8. The van der Waals surface area contributed by atoms with Gasteiger partial charge in [0.15, 0.2) is 0 Å². The summed E-state index contributed by atoms with van der Waals surface area (Å²) in [5.74, 6) is 0. The molecule has 0 aromatic rings. The number of hydrogen-bond donors (Lipinski definition) is 0. The quantitative estimate of drug-likeness (QED) is 0.552. The highest BCUT2D eigenvalue weighted by atomic mass is 19.2. The Morgan fingerprint density at radius 1 is 0.833 bits per heavy atom. The second kappa shape index (κ2) is 7.51. The second-order valence-electron chi connectivity index (χ2n) is 3.32. The van der Waals surface area contributed by atoms with Gasteiger partial charge < -0.3 is 0 Å². The minimum absolute atomic E-state index is 0.390. The van der Waals surface area contributed by atoms with Crippen LogP contribution < -0.4 is 0 Å². The van der Waals surface area contributed by atoms with Gasteiger partial charge in [-0.1, -0.05) is 39.5 Å². The molecule has 0 rings (SSSR count). The molecule has 0 amide bonds. The zero-order valence-corrected chi connectivity index (χ0v) is 8.15. The van der Waals surface area contributed by atoms with Gasteiger partial charge in [0.2, 0.25) is 0 Å². The van der Waals surface area contributed by atoms with Gasteiger partial charge in [-0.25, -0.2) is 8.78 Å². The van der Waals surface area contributed by atoms with Crippen LogP contribution in [-0.2, 0) is 0 Å². The molecule has 74 valence electrons. The molecule has 0 aliphatic heterocycles. The molecule has 0 radical (unpaired) electrons. The second-order valence-corrected chi connectivity index (χ2v) is 3.32. The first-order valence-corrected chi connectivity index (χ1v) is 5.00. The van der Waals surface area contributed by atoms with Gasteiger partial charge in [0.1, 0.15) is 12.3 Å². The summed E-state index contributed by atoms with van der Waals surface area (Å²) in [7, 11) is 0. The molecule has 0 fully saturated rings. The van der Waals surface area contributed by atoms with Crippen molar-refractivity contribution in [1.29, 1.82) is 0 Å². The summed E-state index contributed by atoms with van der Waals surface area (Å²) in [5.41, 5.74) is 0. The average molecular weight is 178 g/mol. The van der Waals surface area contributed by atoms with Crippen LogP contribution >= 0.6 is 0 Å². The Kier molecular flexibility index (Phi) is 7.42. The van der Waals surface area contributed by atoms with Crippen LogP contribution in [0.25, 0.3) is 0 Å². The van der Waals surface area contributed by atoms with Gasteiger partial charge in [0.05, 0.1) is 0 Å². The molecule has 0 unspecified atom stereocenters. The molecule has 0 heterocycles. The monoisotopic (exact) mass is 178 g/mol. The van der Waals surface area contributed by atoms with Crippen molar-refractivity contribution in [2.24, 2.45) is 0 Å². The Balaban J connectivity index is 3.39. The fourth-order valence-corrected chi connectivity index (χ4v) is 1.16. The van der Waals surface area contributed by atoms with Crippen molar-refractivity contribution in [2.75, 3.05) is 0 Å². The van der Waals surface area contributed by atoms with Crippen molar-refractivity contribution in [3.05, 3.63) is 0 Å². The van der Waals surface area contributed by atoms with Crippen LogP contribution in [0.15, 0.2) is 0 Å². The maximum Gasteiger partial charge on any atom is 0.131 e. The van der Waals surface area contributed by atoms with E-state index >= 15 is 0 Å². The smallest absolute Gasteiger partial charge is 0.131 e. The van der Waals surface area contributed by atoms with E-state index in [1.165, 1.54) is 0 Å². The molecule has 0 saturated heterocycles. The van der Waals surface area contributed by atoms with Gasteiger partial charge in [0, 0.05) is 0 Å². The van der Waals surface area contributed by atoms with E-state index in [0.717, 1.165) is 25.7 Å². The highest BCUT2D eigenvalue weighted by Gasteiger charge is 2.18. The Morgan fingerprint density at radius 2 is 1.17 bits per heavy atom. The lowest BCUT2D eigenvalue weighted by Gasteiger charge is -2.12. The molecule has 2 atom stereocenters. The Labute approximate surface area is 74.4 Å². The van der Waals surface area contributed by atoms with E-state index in [-0.39, 0.29) is 0 Å². The molecular weight excluding hydrogens is 158 g/mol. The summed E-state index contributed by atoms with van der Waals surface area (Å²) in [6, 6.07) is 0. The summed E-state index contributed by atoms with van der Waals surface area (Å²) >= 11 is 0. The zero-order valence-electron chi connectivity index (χ0n) is 8.15. The van der Waals surface area contributed by atoms with Gasteiger partial charge in [-0.2, -0.15) is 0 Å². The van der Waals surface area contributed by atoms with Crippen LogP contribution in [0.3, 0.4) is 0 Å². The first kappa shape index (κ1) is 11.9. The van der Waals surface area contributed by atoms with Crippen molar-refractivity contribution in [1.82, 2.24) is 0 Å². The normalized spacial score (nSPS) is 16.0. The molecule has 0 N–H and O–H groups in total. The first-order valence-electron chi connectivity index (χ1n) is 5.00. The van der Waals surface area contributed by atoms with E-state index in [1.54, 1.807) is 0 Å². The predicted octanol–water partition coefficient (Wildman–Crippen LogP) is 4.04. The Hall–Kier alpha value is -0.140. The number of unbranched alkanes of at least 4 members (excludes halogenated alkanes) is 2. The highest BCUT2D eigenvalue weighted by molar-refractivity contribution is 4.67. The molecule has 12 heavy (non-hydrogen) atoms. The predicted molar refractivity (Wildman–Crippen MR) is 48.8 cm³/mol. The zero-order chi connectivity index (χ0) is 9.40. The topological polar surface area (TPSA) is 0 Å². The minimum Gasteiger partial charge on any atom is -0.244 e. The van der Waals surface area contributed by atoms with Crippen molar-refractivity contribution in [3.8, 4) is 0 Å². The summed E-state index contributed by atoms with van der Waals surface area (Å²) in [6.07, 6.45) is 1.82. The fraction of sp³-hybridized carbons (Fsp3) is 1.00. The van der Waals surface area contributed by atoms with Crippen molar-refractivity contribution in [3.63, 3.8) is 0 Å². The third-order valence-electron chi connectivity index (χ3n) is 2.06. The first-order chi connectivity index (χ1) is 5.72. The van der Waals surface area contributed by atoms with E-state index in [1.807, 2.05) is 13.8 Å². The van der Waals surface area contributed by atoms with E-state index in [9.17, 15) is 8.78 Å². The van der Waals surface area contributed by atoms with E-state index in [4.69, 9.17) is 0 Å². The van der Waals surface area contributed by atoms with Gasteiger partial charge in [-0.05, 0) is 12.8 Å². The largest absolute Gasteiger partial charge is 0.244 e. The van der Waals surface area contributed by atoms with E-state index in [0.29, 0.717) is 12.8 Å². The summed E-state index contributed by atoms with van der Waals surface area (Å²) < 4.78 is 25.9. The Morgan fingerprint density at radius 3 is 1.42 bits per heavy atom. The lowest BCUT2D eigenvalue weighted by molar-refractivity contribution is 0.144. The molecule has 0 bridgehead atoms. The van der Waals surface area contributed by atoms with Gasteiger partial charge >= 0.3 is 0 Å². The fourth-order valence-electron chi connectivity index (χ4n) is 1.16. The van der Waals surface area contributed by atoms with Crippen molar-refractivity contribution >= 4 is 0 Å². The average Bonchev–Trinajstić information content (AvgIpc) is 2.10. The van der Waals surface area contributed by atoms with Crippen LogP contribution in [0.4, 0.5) is 8.78 Å². The molecular formula is C10H20F2. The lowest BCUT2D eigenvalue weighted by Crippen LogP contribution is -2.16. The number of alkyl halides is 2. The highest BCUT2D eigenvalue weighted by Crippen LogP contribution is 2.16. The van der Waals surface area contributed by atoms with Gasteiger partial charge in [-0.15, -0.1) is 0 Å². The number of halogens is 2. The van der Waals surface area contributed by atoms with Crippen LogP contribution in [0.2, 0.25) is 0 Å². The molecule has 0 aliphatic carbocycles. The van der Waals surface area contributed by atoms with Crippen LogP contribution in [0, 0.1) is 0 Å². The standard InChI is InChI=1S/C10H20F2/c1-3-5-7-9(11)10(12)8-6-4-2/h9-10H,3-8H2,1-2H3/t9-,10+. The van der Waals surface area contributed by atoms with Gasteiger partial charge in [-0.3, -0.25) is 0 Å². The van der Waals surface area contributed by atoms with Crippen molar-refractivity contribution in [2.45, 2.75) is 64.7 Å². The summed E-state index contributed by atoms with van der Waals surface area (Å²) in [4.78, 5) is 0. The third kappa shape index (κ3) is 5.50. The van der Waals surface area contributed by atoms with Crippen LogP contribution in [-0.4, -0.2) is 12.3 Å². The SMILES string of the molecule is CCCC[C@@H](F)[C@@H](F)CCCC. The summed E-state index contributed by atoms with van der Waals surface area (Å²) in [6.45, 7) is 3.98. The van der Waals surface area contributed by atoms with Crippen molar-refractivity contribution < 1.29 is 8.78 Å². The molecule has 0 nitrogen and oxygen atoms in total. The number of rotatable bonds is 7. The minimum atomic E-state index is -1.23. The molecule has 2 heteroatoms. The van der Waals surface area contributed by atoms with Gasteiger partial charge in [0.25, 0.3) is 0 Å². The maximum absolute atomic E-state index is 12.9.